The van der Waals surface area contributed by atoms with Crippen molar-refractivity contribution in [2.24, 2.45) is 13.0 Å². The van der Waals surface area contributed by atoms with Crippen LogP contribution in [0.5, 0.6) is 0 Å². The molecule has 4 heterocycles. The van der Waals surface area contributed by atoms with Crippen molar-refractivity contribution in [3.05, 3.63) is 60.3 Å². The first kappa shape index (κ1) is 33.2. The largest absolute Gasteiger partial charge is 0.444 e. The number of nitrogens with zero attached hydrogens (tertiary/aromatic N) is 6. The van der Waals surface area contributed by atoms with Crippen LogP contribution in [0.25, 0.3) is 33.6 Å². The molecule has 254 valence electrons. The second kappa shape index (κ2) is 13.4. The number of rotatable bonds is 9. The molecule has 48 heavy (non-hydrogen) atoms. The topological polar surface area (TPSA) is 127 Å². The number of piperidine rings is 1. The molecule has 6 rings (SSSR count). The van der Waals surface area contributed by atoms with Crippen molar-refractivity contribution in [2.45, 2.75) is 64.3 Å². The standard InChI is InChI=1S/C36H46N8O4/c1-36(2,3)48-35(47)40-28-22-43(18-15-26(28)38-31(45)10-8-17-41(4)5)34(46)25-13-14-29-27(19-25)39-33(42(29)6)30-20-24-9-7-16-37-32(24)44(30)21-23-11-12-23/h7-10,13-14,16,19-20,23,26,28H,11-12,15,17-18,21-22H2,1-6H3,(H,38,45)(H,40,47)/b10-8-/t26-,28+/m0/s1. The molecular formula is C36H46N8O4. The van der Waals surface area contributed by atoms with Crippen LogP contribution < -0.4 is 10.6 Å². The number of ether oxygens (including phenoxy) is 1. The van der Waals surface area contributed by atoms with E-state index in [1.807, 2.05) is 56.5 Å². The molecule has 12 nitrogen and oxygen atoms in total. The van der Waals surface area contributed by atoms with Crippen LogP contribution in [-0.4, -0.2) is 98.2 Å². The lowest BCUT2D eigenvalue weighted by Crippen LogP contribution is -2.61. The Bertz CT molecular complexity index is 1860. The highest BCUT2D eigenvalue weighted by atomic mass is 16.6. The summed E-state index contributed by atoms with van der Waals surface area (Å²) in [5, 5.41) is 7.00. The highest BCUT2D eigenvalue weighted by molar-refractivity contribution is 5.98. The number of fused-ring (bicyclic) bond motifs is 2. The molecule has 0 spiro atoms. The van der Waals surface area contributed by atoms with Gasteiger partial charge in [0.1, 0.15) is 11.2 Å². The minimum Gasteiger partial charge on any atom is -0.444 e. The molecule has 2 N–H and O–H groups in total. The number of hydrogen-bond donors (Lipinski definition) is 2. The van der Waals surface area contributed by atoms with Gasteiger partial charge in [-0.3, -0.25) is 9.59 Å². The Morgan fingerprint density at radius 1 is 1.06 bits per heavy atom. The minimum atomic E-state index is -0.693. The molecule has 3 aromatic heterocycles. The molecule has 12 heteroatoms. The van der Waals surface area contributed by atoms with Gasteiger partial charge in [0.25, 0.3) is 5.91 Å². The van der Waals surface area contributed by atoms with Crippen LogP contribution in [0, 0.1) is 5.92 Å². The van der Waals surface area contributed by atoms with E-state index in [2.05, 4.69) is 36.9 Å². The maximum Gasteiger partial charge on any atom is 0.408 e. The molecule has 1 aliphatic heterocycles. The fraction of sp³-hybridized carbons (Fsp3) is 0.472. The number of benzene rings is 1. The summed E-state index contributed by atoms with van der Waals surface area (Å²) in [5.41, 5.74) is 3.44. The summed E-state index contributed by atoms with van der Waals surface area (Å²) in [6, 6.07) is 10.9. The van der Waals surface area contributed by atoms with Crippen molar-refractivity contribution in [3.8, 4) is 11.5 Å². The van der Waals surface area contributed by atoms with Gasteiger partial charge in [0.2, 0.25) is 5.91 Å². The Balaban J connectivity index is 1.23. The molecule has 2 aliphatic rings. The summed E-state index contributed by atoms with van der Waals surface area (Å²) in [7, 11) is 5.85. The van der Waals surface area contributed by atoms with Crippen LogP contribution in [0.4, 0.5) is 4.79 Å². The number of likely N-dealkylation sites (tertiary alicyclic amines) is 1. The van der Waals surface area contributed by atoms with E-state index in [9.17, 15) is 14.4 Å². The molecule has 1 aromatic carbocycles. The number of hydrogen-bond acceptors (Lipinski definition) is 7. The van der Waals surface area contributed by atoms with Gasteiger partial charge in [-0.1, -0.05) is 6.08 Å². The van der Waals surface area contributed by atoms with Gasteiger partial charge in [-0.25, -0.2) is 14.8 Å². The average Bonchev–Trinajstić information content (AvgIpc) is 3.69. The fourth-order valence-electron chi connectivity index (χ4n) is 6.28. The predicted molar refractivity (Wildman–Crippen MR) is 185 cm³/mol. The molecule has 1 saturated carbocycles. The Hall–Kier alpha value is -4.71. The Kier molecular flexibility index (Phi) is 9.28. The molecule has 1 aliphatic carbocycles. The third-order valence-electron chi connectivity index (χ3n) is 8.82. The SMILES string of the molecule is CN(C)C/C=C\C(=O)N[C@H]1CCN(C(=O)c2ccc3c(c2)nc(-c2cc4cccnc4n2CC2CC2)n3C)C[C@H]1NC(=O)OC(C)(C)C. The summed E-state index contributed by atoms with van der Waals surface area (Å²) in [5.74, 6) is 1.07. The molecule has 2 atom stereocenters. The molecule has 4 aromatic rings. The van der Waals surface area contributed by atoms with Gasteiger partial charge in [-0.2, -0.15) is 0 Å². The number of amides is 3. The molecule has 2 fully saturated rings. The van der Waals surface area contributed by atoms with Crippen LogP contribution in [0.2, 0.25) is 0 Å². The fourth-order valence-corrected chi connectivity index (χ4v) is 6.28. The van der Waals surface area contributed by atoms with Crippen molar-refractivity contribution in [2.75, 3.05) is 33.7 Å². The monoisotopic (exact) mass is 654 g/mol. The van der Waals surface area contributed by atoms with Crippen LogP contribution >= 0.6 is 0 Å². The van der Waals surface area contributed by atoms with Gasteiger partial charge in [-0.05, 0) is 96.4 Å². The number of pyridine rings is 1. The second-order valence-electron chi connectivity index (χ2n) is 14.3. The van der Waals surface area contributed by atoms with E-state index in [0.717, 1.165) is 40.1 Å². The molecule has 0 unspecified atom stereocenters. The summed E-state index contributed by atoms with van der Waals surface area (Å²) >= 11 is 0. The Morgan fingerprint density at radius 2 is 1.85 bits per heavy atom. The lowest BCUT2D eigenvalue weighted by atomic mass is 9.98. The first-order chi connectivity index (χ1) is 22.9. The average molecular weight is 655 g/mol. The van der Waals surface area contributed by atoms with Crippen LogP contribution in [0.15, 0.2) is 54.7 Å². The first-order valence-corrected chi connectivity index (χ1v) is 16.7. The lowest BCUT2D eigenvalue weighted by molar-refractivity contribution is -0.117. The number of carbonyl (C=O) groups is 3. The van der Waals surface area contributed by atoms with E-state index >= 15 is 0 Å². The number of nitrogens with one attached hydrogen (secondary N) is 2. The molecular weight excluding hydrogens is 608 g/mol. The Morgan fingerprint density at radius 3 is 2.58 bits per heavy atom. The van der Waals surface area contributed by atoms with Gasteiger partial charge >= 0.3 is 6.09 Å². The maximum absolute atomic E-state index is 13.9. The summed E-state index contributed by atoms with van der Waals surface area (Å²) in [6.07, 6.45) is 7.44. The minimum absolute atomic E-state index is 0.164. The van der Waals surface area contributed by atoms with E-state index in [4.69, 9.17) is 9.72 Å². The third-order valence-corrected chi connectivity index (χ3v) is 8.82. The number of imidazole rings is 1. The molecule has 3 amide bonds. The number of carbonyl (C=O) groups excluding carboxylic acids is 3. The number of alkyl carbamates (subject to hydrolysis) is 1. The number of aromatic nitrogens is 4. The first-order valence-electron chi connectivity index (χ1n) is 16.7. The molecule has 0 bridgehead atoms. The normalized spacial score (nSPS) is 18.6. The molecule has 1 saturated heterocycles. The van der Waals surface area contributed by atoms with Gasteiger partial charge in [0.15, 0.2) is 5.82 Å². The van der Waals surface area contributed by atoms with Gasteiger partial charge in [-0.15, -0.1) is 0 Å². The summed E-state index contributed by atoms with van der Waals surface area (Å²) in [6.45, 7) is 7.54. The Labute approximate surface area is 281 Å². The highest BCUT2D eigenvalue weighted by Gasteiger charge is 2.35. The van der Waals surface area contributed by atoms with Crippen molar-refractivity contribution >= 4 is 40.0 Å². The van der Waals surface area contributed by atoms with Crippen LogP contribution in [0.1, 0.15) is 50.4 Å². The van der Waals surface area contributed by atoms with E-state index in [1.54, 1.807) is 31.7 Å². The predicted octanol–water partition coefficient (Wildman–Crippen LogP) is 4.34. The van der Waals surface area contributed by atoms with Gasteiger partial charge in [0, 0.05) is 56.4 Å². The van der Waals surface area contributed by atoms with Crippen molar-refractivity contribution in [1.82, 2.24) is 39.5 Å². The van der Waals surface area contributed by atoms with Crippen molar-refractivity contribution in [1.29, 1.82) is 0 Å². The van der Waals surface area contributed by atoms with E-state index in [-0.39, 0.29) is 24.4 Å². The molecule has 0 radical (unpaired) electrons. The zero-order chi connectivity index (χ0) is 34.2. The lowest BCUT2D eigenvalue weighted by Gasteiger charge is -2.39. The smallest absolute Gasteiger partial charge is 0.408 e. The second-order valence-corrected chi connectivity index (χ2v) is 14.3. The summed E-state index contributed by atoms with van der Waals surface area (Å²) < 4.78 is 9.86. The summed E-state index contributed by atoms with van der Waals surface area (Å²) in [4.78, 5) is 52.8. The number of likely N-dealkylation sites (N-methyl/N-ethyl adjacent to an activating group) is 1. The maximum atomic E-state index is 13.9. The zero-order valence-corrected chi connectivity index (χ0v) is 28.7. The highest BCUT2D eigenvalue weighted by Crippen LogP contribution is 2.36. The van der Waals surface area contributed by atoms with Gasteiger partial charge < -0.3 is 34.3 Å². The third kappa shape index (κ3) is 7.54. The van der Waals surface area contributed by atoms with Crippen molar-refractivity contribution in [3.63, 3.8) is 0 Å². The quantitative estimate of drug-likeness (QED) is 0.257. The van der Waals surface area contributed by atoms with Crippen LogP contribution in [-0.2, 0) is 23.1 Å². The van der Waals surface area contributed by atoms with Crippen LogP contribution in [0.3, 0.4) is 0 Å². The van der Waals surface area contributed by atoms with E-state index < -0.39 is 17.7 Å². The van der Waals surface area contributed by atoms with E-state index in [1.165, 1.54) is 18.9 Å². The van der Waals surface area contributed by atoms with Crippen molar-refractivity contribution < 1.29 is 19.1 Å². The zero-order valence-electron chi connectivity index (χ0n) is 28.7. The van der Waals surface area contributed by atoms with Gasteiger partial charge in [0.05, 0.1) is 28.8 Å². The number of aryl methyl sites for hydroxylation is 1. The van der Waals surface area contributed by atoms with E-state index in [0.29, 0.717) is 31.0 Å².